The topological polar surface area (TPSA) is 29.3 Å². The summed E-state index contributed by atoms with van der Waals surface area (Å²) in [6.45, 7) is 3.44. The molecular formula is C11H22N2. The highest BCUT2D eigenvalue weighted by Crippen LogP contribution is 2.32. The summed E-state index contributed by atoms with van der Waals surface area (Å²) in [6.07, 6.45) is 9.51. The predicted molar refractivity (Wildman–Crippen MR) is 55.4 cm³/mol. The van der Waals surface area contributed by atoms with Crippen LogP contribution in [0.25, 0.3) is 0 Å². The van der Waals surface area contributed by atoms with E-state index in [-0.39, 0.29) is 5.66 Å². The Hall–Kier alpha value is -0.0800. The summed E-state index contributed by atoms with van der Waals surface area (Å²) in [4.78, 5) is 2.56. The van der Waals surface area contributed by atoms with Crippen LogP contribution in [0, 0.1) is 0 Å². The summed E-state index contributed by atoms with van der Waals surface area (Å²) in [5, 5.41) is 0. The molecular weight excluding hydrogens is 160 g/mol. The first-order valence-electron chi connectivity index (χ1n) is 5.76. The Balaban J connectivity index is 1.98. The molecule has 1 aliphatic carbocycles. The zero-order valence-corrected chi connectivity index (χ0v) is 8.76. The van der Waals surface area contributed by atoms with E-state index in [1.54, 1.807) is 0 Å². The minimum Gasteiger partial charge on any atom is -0.313 e. The first kappa shape index (κ1) is 9.47. The van der Waals surface area contributed by atoms with Crippen LogP contribution in [0.4, 0.5) is 0 Å². The first-order valence-corrected chi connectivity index (χ1v) is 5.76. The van der Waals surface area contributed by atoms with Gasteiger partial charge in [-0.05, 0) is 32.6 Å². The van der Waals surface area contributed by atoms with E-state index in [2.05, 4.69) is 11.8 Å². The number of rotatable bonds is 1. The molecule has 1 unspecified atom stereocenters. The molecule has 1 saturated carbocycles. The lowest BCUT2D eigenvalue weighted by Crippen LogP contribution is -2.54. The molecule has 76 valence electrons. The van der Waals surface area contributed by atoms with Gasteiger partial charge in [0.25, 0.3) is 0 Å². The van der Waals surface area contributed by atoms with Gasteiger partial charge in [0.05, 0.1) is 5.66 Å². The van der Waals surface area contributed by atoms with Crippen molar-refractivity contribution in [2.45, 2.75) is 63.6 Å². The van der Waals surface area contributed by atoms with Crippen molar-refractivity contribution in [3.05, 3.63) is 0 Å². The fourth-order valence-electron chi connectivity index (χ4n) is 3.00. The van der Waals surface area contributed by atoms with Crippen LogP contribution in [0.1, 0.15) is 51.9 Å². The first-order chi connectivity index (χ1) is 6.20. The molecule has 0 aromatic rings. The average Bonchev–Trinajstić information content (AvgIpc) is 2.47. The molecule has 2 N–H and O–H groups in total. The Kier molecular flexibility index (Phi) is 2.61. The Morgan fingerprint density at radius 1 is 1.15 bits per heavy atom. The number of hydrogen-bond acceptors (Lipinski definition) is 2. The summed E-state index contributed by atoms with van der Waals surface area (Å²) < 4.78 is 0. The van der Waals surface area contributed by atoms with Crippen LogP contribution in [0.15, 0.2) is 0 Å². The minimum atomic E-state index is 0.00199. The molecule has 0 aromatic carbocycles. The van der Waals surface area contributed by atoms with E-state index in [9.17, 15) is 0 Å². The quantitative estimate of drug-likeness (QED) is 0.673. The van der Waals surface area contributed by atoms with Crippen molar-refractivity contribution < 1.29 is 0 Å². The third kappa shape index (κ3) is 1.89. The Morgan fingerprint density at radius 3 is 2.38 bits per heavy atom. The molecule has 0 radical (unpaired) electrons. The Bertz CT molecular complexity index is 171. The van der Waals surface area contributed by atoms with E-state index in [1.807, 2.05) is 0 Å². The fourth-order valence-corrected chi connectivity index (χ4v) is 3.00. The van der Waals surface area contributed by atoms with Gasteiger partial charge >= 0.3 is 0 Å². The van der Waals surface area contributed by atoms with Gasteiger partial charge in [0.2, 0.25) is 0 Å². The highest BCUT2D eigenvalue weighted by molar-refractivity contribution is 4.91. The maximum Gasteiger partial charge on any atom is 0.0661 e. The summed E-state index contributed by atoms with van der Waals surface area (Å²) >= 11 is 0. The summed E-state index contributed by atoms with van der Waals surface area (Å²) in [5.74, 6) is 0. The SMILES string of the molecule is CC1(N)CCCN1C1CCCCC1. The molecule has 2 fully saturated rings. The normalized spacial score (nSPS) is 38.3. The van der Waals surface area contributed by atoms with Gasteiger partial charge in [-0.15, -0.1) is 0 Å². The molecule has 2 nitrogen and oxygen atoms in total. The molecule has 13 heavy (non-hydrogen) atoms. The molecule has 2 rings (SSSR count). The van der Waals surface area contributed by atoms with E-state index in [0.717, 1.165) is 6.04 Å². The lowest BCUT2D eigenvalue weighted by Gasteiger charge is -2.40. The van der Waals surface area contributed by atoms with Crippen LogP contribution in [-0.4, -0.2) is 23.1 Å². The van der Waals surface area contributed by atoms with Gasteiger partial charge in [-0.3, -0.25) is 4.90 Å². The van der Waals surface area contributed by atoms with Gasteiger partial charge in [0, 0.05) is 12.6 Å². The fraction of sp³-hybridized carbons (Fsp3) is 1.00. The number of nitrogens with zero attached hydrogens (tertiary/aromatic N) is 1. The van der Waals surface area contributed by atoms with E-state index < -0.39 is 0 Å². The molecule has 0 bridgehead atoms. The van der Waals surface area contributed by atoms with Crippen molar-refractivity contribution in [3.8, 4) is 0 Å². The van der Waals surface area contributed by atoms with Gasteiger partial charge in [0.15, 0.2) is 0 Å². The van der Waals surface area contributed by atoms with Crippen molar-refractivity contribution in [3.63, 3.8) is 0 Å². The van der Waals surface area contributed by atoms with Gasteiger partial charge in [-0.25, -0.2) is 0 Å². The standard InChI is InChI=1S/C11H22N2/c1-11(12)8-5-9-13(11)10-6-3-2-4-7-10/h10H,2-9,12H2,1H3. The molecule has 1 heterocycles. The second kappa shape index (κ2) is 3.58. The number of nitrogens with two attached hydrogens (primary N) is 1. The lowest BCUT2D eigenvalue weighted by atomic mass is 9.93. The molecule has 1 saturated heterocycles. The van der Waals surface area contributed by atoms with Crippen LogP contribution in [0.3, 0.4) is 0 Å². The van der Waals surface area contributed by atoms with E-state index in [4.69, 9.17) is 5.73 Å². The molecule has 1 atom stereocenters. The summed E-state index contributed by atoms with van der Waals surface area (Å²) in [6, 6.07) is 0.797. The average molecular weight is 182 g/mol. The highest BCUT2D eigenvalue weighted by atomic mass is 15.3. The lowest BCUT2D eigenvalue weighted by molar-refractivity contribution is 0.0814. The van der Waals surface area contributed by atoms with Crippen LogP contribution in [0.2, 0.25) is 0 Å². The maximum atomic E-state index is 6.28. The van der Waals surface area contributed by atoms with Crippen LogP contribution in [0.5, 0.6) is 0 Å². The largest absolute Gasteiger partial charge is 0.313 e. The molecule has 1 aliphatic heterocycles. The third-order valence-electron chi connectivity index (χ3n) is 3.75. The van der Waals surface area contributed by atoms with E-state index in [1.165, 1.54) is 51.5 Å². The van der Waals surface area contributed by atoms with E-state index in [0.29, 0.717) is 0 Å². The van der Waals surface area contributed by atoms with Gasteiger partial charge < -0.3 is 5.73 Å². The Morgan fingerprint density at radius 2 is 1.85 bits per heavy atom. The van der Waals surface area contributed by atoms with Crippen molar-refractivity contribution >= 4 is 0 Å². The predicted octanol–water partition coefficient (Wildman–Crippen LogP) is 2.09. The summed E-state index contributed by atoms with van der Waals surface area (Å²) in [7, 11) is 0. The van der Waals surface area contributed by atoms with Crippen molar-refractivity contribution in [1.82, 2.24) is 4.90 Å². The zero-order valence-electron chi connectivity index (χ0n) is 8.76. The van der Waals surface area contributed by atoms with Crippen LogP contribution < -0.4 is 5.73 Å². The minimum absolute atomic E-state index is 0.00199. The monoisotopic (exact) mass is 182 g/mol. The molecule has 2 aliphatic rings. The smallest absolute Gasteiger partial charge is 0.0661 e. The number of hydrogen-bond donors (Lipinski definition) is 1. The third-order valence-corrected chi connectivity index (χ3v) is 3.75. The van der Waals surface area contributed by atoms with Gasteiger partial charge in [-0.2, -0.15) is 0 Å². The van der Waals surface area contributed by atoms with Crippen molar-refractivity contribution in [1.29, 1.82) is 0 Å². The molecule has 0 aromatic heterocycles. The maximum absolute atomic E-state index is 6.28. The summed E-state index contributed by atoms with van der Waals surface area (Å²) in [5.41, 5.74) is 6.28. The van der Waals surface area contributed by atoms with Gasteiger partial charge in [-0.1, -0.05) is 19.3 Å². The second-order valence-electron chi connectivity index (χ2n) is 4.95. The van der Waals surface area contributed by atoms with Crippen molar-refractivity contribution in [2.24, 2.45) is 5.73 Å². The number of likely N-dealkylation sites (tertiary alicyclic amines) is 1. The van der Waals surface area contributed by atoms with Crippen LogP contribution in [-0.2, 0) is 0 Å². The molecule has 0 spiro atoms. The van der Waals surface area contributed by atoms with Gasteiger partial charge in [0.1, 0.15) is 0 Å². The second-order valence-corrected chi connectivity index (χ2v) is 4.95. The Labute approximate surface area is 81.5 Å². The highest BCUT2D eigenvalue weighted by Gasteiger charge is 2.37. The van der Waals surface area contributed by atoms with Crippen LogP contribution >= 0.6 is 0 Å². The van der Waals surface area contributed by atoms with E-state index >= 15 is 0 Å². The van der Waals surface area contributed by atoms with Crippen molar-refractivity contribution in [2.75, 3.05) is 6.54 Å². The zero-order chi connectivity index (χ0) is 9.31. The molecule has 2 heteroatoms. The molecule has 0 amide bonds.